The van der Waals surface area contributed by atoms with Crippen LogP contribution in [0.4, 0.5) is 5.69 Å². The first-order chi connectivity index (χ1) is 12.3. The van der Waals surface area contributed by atoms with Crippen LogP contribution >= 0.6 is 35.0 Å². The van der Waals surface area contributed by atoms with E-state index in [-0.39, 0.29) is 16.9 Å². The van der Waals surface area contributed by atoms with E-state index in [1.54, 1.807) is 50.4 Å². The van der Waals surface area contributed by atoms with Gasteiger partial charge in [0.25, 0.3) is 0 Å². The molecule has 7 heteroatoms. The van der Waals surface area contributed by atoms with Crippen molar-refractivity contribution in [2.45, 2.75) is 24.9 Å². The van der Waals surface area contributed by atoms with E-state index in [0.717, 1.165) is 5.56 Å². The fourth-order valence-corrected chi connectivity index (χ4v) is 3.60. The molecule has 1 atom stereocenters. The standard InChI is InChI=1S/C19H19Cl2NO3S/c1-11(23)13-7-8-17(25-3)14(9-13)10-26-12(2)19(24)22-18-15(20)5-4-6-16(18)21/h4-9,12H,10H2,1-3H3,(H,22,24). The quantitative estimate of drug-likeness (QED) is 0.613. The summed E-state index contributed by atoms with van der Waals surface area (Å²) in [5.41, 5.74) is 1.88. The fourth-order valence-electron chi connectivity index (χ4n) is 2.24. The Hall–Kier alpha value is -1.69. The summed E-state index contributed by atoms with van der Waals surface area (Å²) in [6, 6.07) is 10.3. The second-order valence-electron chi connectivity index (χ2n) is 5.62. The number of thioether (sulfide) groups is 1. The highest BCUT2D eigenvalue weighted by Crippen LogP contribution is 2.31. The van der Waals surface area contributed by atoms with Gasteiger partial charge >= 0.3 is 0 Å². The van der Waals surface area contributed by atoms with Crippen LogP contribution in [0.5, 0.6) is 5.75 Å². The van der Waals surface area contributed by atoms with Gasteiger partial charge in [-0.3, -0.25) is 9.59 Å². The summed E-state index contributed by atoms with van der Waals surface area (Å²) < 4.78 is 5.34. The van der Waals surface area contributed by atoms with Crippen molar-refractivity contribution in [1.29, 1.82) is 0 Å². The number of hydrogen-bond donors (Lipinski definition) is 1. The highest BCUT2D eigenvalue weighted by atomic mass is 35.5. The van der Waals surface area contributed by atoms with Crippen molar-refractivity contribution in [3.8, 4) is 5.75 Å². The molecule has 0 aromatic heterocycles. The Bertz CT molecular complexity index is 806. The van der Waals surface area contributed by atoms with Gasteiger partial charge in [0.1, 0.15) is 5.75 Å². The minimum absolute atomic E-state index is 0.0157. The molecule has 0 aliphatic carbocycles. The van der Waals surface area contributed by atoms with Crippen LogP contribution in [0.2, 0.25) is 10.0 Å². The zero-order chi connectivity index (χ0) is 19.3. The Morgan fingerprint density at radius 3 is 2.42 bits per heavy atom. The van der Waals surface area contributed by atoms with E-state index in [0.29, 0.717) is 32.8 Å². The number of rotatable bonds is 7. The maximum atomic E-state index is 12.4. The molecule has 1 unspecified atom stereocenters. The molecule has 0 radical (unpaired) electrons. The zero-order valence-electron chi connectivity index (χ0n) is 14.6. The van der Waals surface area contributed by atoms with Gasteiger partial charge in [-0.1, -0.05) is 29.3 Å². The maximum absolute atomic E-state index is 12.4. The lowest BCUT2D eigenvalue weighted by atomic mass is 10.1. The lowest BCUT2D eigenvalue weighted by molar-refractivity contribution is -0.115. The van der Waals surface area contributed by atoms with Crippen LogP contribution in [-0.4, -0.2) is 24.1 Å². The molecule has 2 aromatic rings. The molecule has 138 valence electrons. The van der Waals surface area contributed by atoms with Gasteiger partial charge in [-0.15, -0.1) is 11.8 Å². The van der Waals surface area contributed by atoms with Gasteiger partial charge in [0.15, 0.2) is 5.78 Å². The number of carbonyl (C=O) groups excluding carboxylic acids is 2. The highest BCUT2D eigenvalue weighted by molar-refractivity contribution is 7.99. The molecule has 2 rings (SSSR count). The fraction of sp³-hybridized carbons (Fsp3) is 0.263. The molecule has 0 saturated carbocycles. The van der Waals surface area contributed by atoms with Gasteiger partial charge in [0, 0.05) is 16.9 Å². The van der Waals surface area contributed by atoms with Crippen LogP contribution < -0.4 is 10.1 Å². The first-order valence-corrected chi connectivity index (χ1v) is 9.68. The number of ether oxygens (including phenoxy) is 1. The zero-order valence-corrected chi connectivity index (χ0v) is 17.0. The number of halogens is 2. The third kappa shape index (κ3) is 5.16. The van der Waals surface area contributed by atoms with Gasteiger partial charge in [0.05, 0.1) is 28.1 Å². The monoisotopic (exact) mass is 411 g/mol. The lowest BCUT2D eigenvalue weighted by Crippen LogP contribution is -2.23. The van der Waals surface area contributed by atoms with Gasteiger partial charge < -0.3 is 10.1 Å². The molecular formula is C19H19Cl2NO3S. The molecule has 4 nitrogen and oxygen atoms in total. The third-order valence-electron chi connectivity index (χ3n) is 3.76. The van der Waals surface area contributed by atoms with Crippen LogP contribution in [0, 0.1) is 0 Å². The molecule has 0 spiro atoms. The van der Waals surface area contributed by atoms with E-state index >= 15 is 0 Å². The normalized spacial score (nSPS) is 11.7. The van der Waals surface area contributed by atoms with E-state index in [4.69, 9.17) is 27.9 Å². The van der Waals surface area contributed by atoms with Crippen LogP contribution in [0.3, 0.4) is 0 Å². The SMILES string of the molecule is COc1ccc(C(C)=O)cc1CSC(C)C(=O)Nc1c(Cl)cccc1Cl. The van der Waals surface area contributed by atoms with Gasteiger partial charge in [0.2, 0.25) is 5.91 Å². The molecule has 1 amide bonds. The molecule has 0 aliphatic heterocycles. The summed E-state index contributed by atoms with van der Waals surface area (Å²) in [6.07, 6.45) is 0. The highest BCUT2D eigenvalue weighted by Gasteiger charge is 2.18. The largest absolute Gasteiger partial charge is 0.496 e. The summed E-state index contributed by atoms with van der Waals surface area (Å²) >= 11 is 13.6. The summed E-state index contributed by atoms with van der Waals surface area (Å²) in [5, 5.41) is 3.19. The smallest absolute Gasteiger partial charge is 0.237 e. The van der Waals surface area contributed by atoms with Crippen molar-refractivity contribution < 1.29 is 14.3 Å². The predicted octanol–water partition coefficient (Wildman–Crippen LogP) is 5.47. The van der Waals surface area contributed by atoms with Crippen molar-refractivity contribution >= 4 is 52.3 Å². The van der Waals surface area contributed by atoms with Gasteiger partial charge in [-0.2, -0.15) is 0 Å². The molecule has 2 aromatic carbocycles. The molecular weight excluding hydrogens is 393 g/mol. The number of amides is 1. The molecule has 0 heterocycles. The molecule has 0 aliphatic rings. The molecule has 0 fully saturated rings. The maximum Gasteiger partial charge on any atom is 0.237 e. The van der Waals surface area contributed by atoms with Gasteiger partial charge in [-0.05, 0) is 44.2 Å². The van der Waals surface area contributed by atoms with E-state index in [1.165, 1.54) is 18.7 Å². The van der Waals surface area contributed by atoms with Crippen molar-refractivity contribution in [3.05, 3.63) is 57.6 Å². The molecule has 0 saturated heterocycles. The van der Waals surface area contributed by atoms with Crippen molar-refractivity contribution in [1.82, 2.24) is 0 Å². The predicted molar refractivity (Wildman–Crippen MR) is 109 cm³/mol. The summed E-state index contributed by atoms with van der Waals surface area (Å²) in [6.45, 7) is 3.31. The Morgan fingerprint density at radius 1 is 1.19 bits per heavy atom. The van der Waals surface area contributed by atoms with E-state index in [9.17, 15) is 9.59 Å². The topological polar surface area (TPSA) is 55.4 Å². The minimum Gasteiger partial charge on any atom is -0.496 e. The van der Waals surface area contributed by atoms with Crippen LogP contribution in [0.25, 0.3) is 0 Å². The van der Waals surface area contributed by atoms with Crippen LogP contribution in [0.15, 0.2) is 36.4 Å². The Morgan fingerprint density at radius 2 is 1.85 bits per heavy atom. The number of hydrogen-bond acceptors (Lipinski definition) is 4. The number of carbonyl (C=O) groups is 2. The van der Waals surface area contributed by atoms with Gasteiger partial charge in [-0.25, -0.2) is 0 Å². The van der Waals surface area contributed by atoms with Crippen molar-refractivity contribution in [3.63, 3.8) is 0 Å². The second-order valence-corrected chi connectivity index (χ2v) is 7.77. The number of anilines is 1. The van der Waals surface area contributed by atoms with Crippen molar-refractivity contribution in [2.24, 2.45) is 0 Å². The second kappa shape index (κ2) is 9.31. The molecule has 1 N–H and O–H groups in total. The lowest BCUT2D eigenvalue weighted by Gasteiger charge is -2.15. The Kier molecular flexibility index (Phi) is 7.38. The average Bonchev–Trinajstić information content (AvgIpc) is 2.62. The van der Waals surface area contributed by atoms with E-state index < -0.39 is 0 Å². The number of para-hydroxylation sites is 1. The first kappa shape index (κ1) is 20.6. The Balaban J connectivity index is 2.06. The average molecular weight is 412 g/mol. The number of nitrogens with one attached hydrogen (secondary N) is 1. The Labute approximate surface area is 167 Å². The van der Waals surface area contributed by atoms with Crippen LogP contribution in [-0.2, 0) is 10.5 Å². The first-order valence-electron chi connectivity index (χ1n) is 7.87. The number of ketones is 1. The summed E-state index contributed by atoms with van der Waals surface area (Å²) in [4.78, 5) is 24.0. The number of benzene rings is 2. The number of methoxy groups -OCH3 is 1. The number of Topliss-reactive ketones (excluding diaryl/α,β-unsaturated/α-hetero) is 1. The van der Waals surface area contributed by atoms with E-state index in [1.807, 2.05) is 0 Å². The van der Waals surface area contributed by atoms with Crippen molar-refractivity contribution in [2.75, 3.05) is 12.4 Å². The molecule has 26 heavy (non-hydrogen) atoms. The minimum atomic E-state index is -0.354. The van der Waals surface area contributed by atoms with Crippen LogP contribution in [0.1, 0.15) is 29.8 Å². The van der Waals surface area contributed by atoms with E-state index in [2.05, 4.69) is 5.32 Å². The molecule has 0 bridgehead atoms. The third-order valence-corrected chi connectivity index (χ3v) is 5.58. The summed E-state index contributed by atoms with van der Waals surface area (Å²) in [5.74, 6) is 0.990. The summed E-state index contributed by atoms with van der Waals surface area (Å²) in [7, 11) is 1.58.